The van der Waals surface area contributed by atoms with Gasteiger partial charge in [-0.25, -0.2) is 4.98 Å². The van der Waals surface area contributed by atoms with Crippen LogP contribution in [0, 0.1) is 31.6 Å². The number of hydrogen-bond donors (Lipinski definition) is 0. The van der Waals surface area contributed by atoms with Crippen LogP contribution >= 0.6 is 12.4 Å². The monoisotopic (exact) mass is 428 g/mol. The van der Waals surface area contributed by atoms with Crippen molar-refractivity contribution in [3.8, 4) is 0 Å². The minimum absolute atomic E-state index is 0. The van der Waals surface area contributed by atoms with Gasteiger partial charge in [0.1, 0.15) is 5.65 Å². The lowest BCUT2D eigenvalue weighted by Crippen LogP contribution is -2.34. The van der Waals surface area contributed by atoms with E-state index in [1.54, 1.807) is 17.2 Å². The molecule has 30 heavy (non-hydrogen) atoms. The van der Waals surface area contributed by atoms with Crippen molar-refractivity contribution in [1.29, 1.82) is 0 Å². The molecule has 3 aromatic rings. The molecule has 0 N–H and O–H groups in total. The molecule has 0 unspecified atom stereocenters. The number of benzene rings is 1. The maximum atomic E-state index is 14.9. The summed E-state index contributed by atoms with van der Waals surface area (Å²) in [7, 11) is 2.16. The lowest BCUT2D eigenvalue weighted by Gasteiger charge is -2.27. The topological polar surface area (TPSA) is 40.9 Å². The summed E-state index contributed by atoms with van der Waals surface area (Å²) in [5.74, 6) is -0.119. The van der Waals surface area contributed by atoms with Crippen molar-refractivity contribution in [1.82, 2.24) is 19.2 Å². The van der Waals surface area contributed by atoms with E-state index >= 15 is 0 Å². The van der Waals surface area contributed by atoms with Crippen LogP contribution in [0.3, 0.4) is 0 Å². The predicted molar refractivity (Wildman–Crippen MR) is 117 cm³/mol. The maximum Gasteiger partial charge on any atom is 0.277 e. The quantitative estimate of drug-likeness (QED) is 0.621. The Morgan fingerprint density at radius 1 is 1.10 bits per heavy atom. The Hall–Kier alpha value is -2.44. The van der Waals surface area contributed by atoms with Gasteiger partial charge in [-0.2, -0.15) is 4.39 Å². The number of amides is 1. The Kier molecular flexibility index (Phi) is 5.32. The molecule has 5 rings (SSSR count). The van der Waals surface area contributed by atoms with Crippen LogP contribution in [0.4, 0.5) is 4.39 Å². The zero-order valence-electron chi connectivity index (χ0n) is 17.4. The van der Waals surface area contributed by atoms with Gasteiger partial charge >= 0.3 is 0 Å². The third kappa shape index (κ3) is 3.19. The fourth-order valence-corrected chi connectivity index (χ4v) is 5.22. The van der Waals surface area contributed by atoms with Crippen LogP contribution in [0.2, 0.25) is 0 Å². The van der Waals surface area contributed by atoms with Crippen molar-refractivity contribution in [3.63, 3.8) is 0 Å². The highest BCUT2D eigenvalue weighted by Crippen LogP contribution is 2.45. The molecule has 7 heteroatoms. The summed E-state index contributed by atoms with van der Waals surface area (Å²) in [6.45, 7) is 6.27. The van der Waals surface area contributed by atoms with Gasteiger partial charge in [-0.1, -0.05) is 30.3 Å². The van der Waals surface area contributed by atoms with Gasteiger partial charge in [0, 0.05) is 37.8 Å². The summed E-state index contributed by atoms with van der Waals surface area (Å²) in [5, 5.41) is 0. The first-order chi connectivity index (χ1) is 13.9. The van der Waals surface area contributed by atoms with Gasteiger partial charge in [0.05, 0.1) is 0 Å². The fourth-order valence-electron chi connectivity index (χ4n) is 5.22. The molecule has 0 saturated carbocycles. The Morgan fingerprint density at radius 3 is 2.63 bits per heavy atom. The van der Waals surface area contributed by atoms with Gasteiger partial charge in [0.2, 0.25) is 5.95 Å². The summed E-state index contributed by atoms with van der Waals surface area (Å²) in [6, 6.07) is 12.4. The molecule has 0 radical (unpaired) electrons. The highest BCUT2D eigenvalue weighted by molar-refractivity contribution is 5.93. The van der Waals surface area contributed by atoms with Crippen LogP contribution in [-0.4, -0.2) is 51.8 Å². The van der Waals surface area contributed by atoms with E-state index in [-0.39, 0.29) is 30.0 Å². The molecule has 0 aliphatic carbocycles. The van der Waals surface area contributed by atoms with Crippen LogP contribution in [0.5, 0.6) is 0 Å². The van der Waals surface area contributed by atoms with E-state index in [9.17, 15) is 9.18 Å². The smallest absolute Gasteiger partial charge is 0.277 e. The summed E-state index contributed by atoms with van der Waals surface area (Å²) in [5.41, 5.74) is 3.92. The maximum absolute atomic E-state index is 14.9. The van der Waals surface area contributed by atoms with E-state index in [4.69, 9.17) is 0 Å². The molecule has 2 saturated heterocycles. The van der Waals surface area contributed by atoms with Crippen LogP contribution in [-0.2, 0) is 0 Å². The number of rotatable bonds is 2. The highest BCUT2D eigenvalue weighted by atomic mass is 35.5. The molecule has 5 nitrogen and oxygen atoms in total. The number of likely N-dealkylation sites (tertiary alicyclic amines) is 2. The van der Waals surface area contributed by atoms with Crippen molar-refractivity contribution in [2.24, 2.45) is 11.8 Å². The van der Waals surface area contributed by atoms with Gasteiger partial charge in [-0.05, 0) is 49.6 Å². The lowest BCUT2D eigenvalue weighted by atomic mass is 9.88. The Balaban J connectivity index is 0.00000218. The number of carbonyl (C=O) groups excluding carboxylic acids is 1. The number of nitrogens with zero attached hydrogens (tertiary/aromatic N) is 4. The van der Waals surface area contributed by atoms with Gasteiger partial charge in [0.15, 0.2) is 5.69 Å². The number of imidazole rings is 1. The van der Waals surface area contributed by atoms with Gasteiger partial charge in [0.25, 0.3) is 5.91 Å². The molecule has 0 bridgehead atoms. The second-order valence-electron chi connectivity index (χ2n) is 8.56. The summed E-state index contributed by atoms with van der Waals surface area (Å²) in [6.07, 6.45) is 1.68. The van der Waals surface area contributed by atoms with Crippen molar-refractivity contribution in [2.45, 2.75) is 19.9 Å². The molecule has 158 valence electrons. The number of fused-ring (bicyclic) bond motifs is 2. The lowest BCUT2D eigenvalue weighted by molar-refractivity contribution is 0.0757. The average Bonchev–Trinajstić information content (AvgIpc) is 3.33. The Labute approximate surface area is 181 Å². The number of carbonyl (C=O) groups is 1. The summed E-state index contributed by atoms with van der Waals surface area (Å²) < 4.78 is 16.3. The first-order valence-electron chi connectivity index (χ1n) is 10.1. The number of aromatic nitrogens is 2. The minimum atomic E-state index is -0.571. The van der Waals surface area contributed by atoms with Crippen LogP contribution in [0.15, 0.2) is 42.6 Å². The van der Waals surface area contributed by atoms with Crippen molar-refractivity contribution in [2.75, 3.05) is 26.7 Å². The van der Waals surface area contributed by atoms with E-state index in [2.05, 4.69) is 48.1 Å². The molecule has 4 heterocycles. The SMILES string of the molecule is Cc1ccc2nc(C(=O)N3C[C@@H]4CN(C)[C@H](c5ccccc5C)[C@@H]4C3)c(F)n2c1.Cl. The van der Waals surface area contributed by atoms with Crippen LogP contribution in [0.1, 0.15) is 33.2 Å². The van der Waals surface area contributed by atoms with E-state index in [0.717, 1.165) is 12.1 Å². The number of hydrogen-bond acceptors (Lipinski definition) is 3. The van der Waals surface area contributed by atoms with Gasteiger partial charge in [-0.3, -0.25) is 14.1 Å². The van der Waals surface area contributed by atoms with Crippen LogP contribution in [0.25, 0.3) is 5.65 Å². The van der Waals surface area contributed by atoms with Crippen molar-refractivity contribution < 1.29 is 9.18 Å². The van der Waals surface area contributed by atoms with Gasteiger partial charge < -0.3 is 4.90 Å². The Bertz CT molecular complexity index is 1110. The number of aryl methyl sites for hydroxylation is 2. The van der Waals surface area contributed by atoms with Crippen molar-refractivity contribution >= 4 is 24.0 Å². The second kappa shape index (κ2) is 7.67. The fraction of sp³-hybridized carbons (Fsp3) is 0.391. The summed E-state index contributed by atoms with van der Waals surface area (Å²) >= 11 is 0. The number of pyridine rings is 1. The highest BCUT2D eigenvalue weighted by Gasteiger charge is 2.48. The third-order valence-electron chi connectivity index (χ3n) is 6.60. The van der Waals surface area contributed by atoms with E-state index < -0.39 is 5.95 Å². The van der Waals surface area contributed by atoms with Gasteiger partial charge in [-0.15, -0.1) is 12.4 Å². The molecule has 2 aliphatic heterocycles. The first-order valence-corrected chi connectivity index (χ1v) is 10.1. The Morgan fingerprint density at radius 2 is 1.87 bits per heavy atom. The van der Waals surface area contributed by atoms with Crippen LogP contribution < -0.4 is 0 Å². The molecule has 1 amide bonds. The molecular weight excluding hydrogens is 403 g/mol. The first kappa shape index (κ1) is 20.8. The molecule has 3 atom stereocenters. The normalized spacial score (nSPS) is 23.6. The minimum Gasteiger partial charge on any atom is -0.336 e. The van der Waals surface area contributed by atoms with E-state index in [1.165, 1.54) is 15.5 Å². The third-order valence-corrected chi connectivity index (χ3v) is 6.60. The second-order valence-corrected chi connectivity index (χ2v) is 8.56. The van der Waals surface area contributed by atoms with Crippen molar-refractivity contribution in [3.05, 3.63) is 70.9 Å². The molecule has 2 fully saturated rings. The molecule has 0 spiro atoms. The largest absolute Gasteiger partial charge is 0.336 e. The number of halogens is 2. The molecule has 2 aliphatic rings. The zero-order chi connectivity index (χ0) is 20.3. The predicted octanol–water partition coefficient (Wildman–Crippen LogP) is 3.89. The van der Waals surface area contributed by atoms with E-state index in [0.29, 0.717) is 30.6 Å². The molecule has 2 aromatic heterocycles. The molecule has 1 aromatic carbocycles. The van der Waals surface area contributed by atoms with E-state index in [1.807, 2.05) is 13.0 Å². The summed E-state index contributed by atoms with van der Waals surface area (Å²) in [4.78, 5) is 21.6. The standard InChI is InChI=1S/C23H25FN4O.ClH/c1-14-8-9-19-25-20(22(24)28(19)10-14)23(29)27-12-16-11-26(3)21(18(16)13-27)17-7-5-4-6-15(17)2;/h4-10,16,18,21H,11-13H2,1-3H3;1H/t16-,18+,21+;/m0./s1. The zero-order valence-corrected chi connectivity index (χ0v) is 18.2. The average molecular weight is 429 g/mol. The molecular formula is C23H26ClFN4O.